The molecule has 0 aromatic heterocycles. The zero-order chi connectivity index (χ0) is 12.4. The second-order valence-electron chi connectivity index (χ2n) is 5.07. The Morgan fingerprint density at radius 3 is 2.94 bits per heavy atom. The zero-order valence-electron chi connectivity index (χ0n) is 10.8. The molecule has 1 N–H and O–H groups in total. The molecule has 1 aromatic carbocycles. The first-order valence-corrected chi connectivity index (χ1v) is 7.06. The molecule has 2 rings (SSSR count). The van der Waals surface area contributed by atoms with Crippen molar-refractivity contribution in [1.29, 1.82) is 0 Å². The predicted octanol–water partition coefficient (Wildman–Crippen LogP) is 2.59. The molecule has 3 heteroatoms. The van der Waals surface area contributed by atoms with E-state index in [-0.39, 0.29) is 0 Å². The van der Waals surface area contributed by atoms with Crippen molar-refractivity contribution in [1.82, 2.24) is 10.2 Å². The molecular weight excluding hydrogens is 276 g/mol. The lowest BCUT2D eigenvalue weighted by atomic mass is 9.97. The van der Waals surface area contributed by atoms with Crippen LogP contribution in [0.3, 0.4) is 0 Å². The molecule has 17 heavy (non-hydrogen) atoms. The molecule has 0 radical (unpaired) electrons. The molecule has 1 heterocycles. The average Bonchev–Trinajstić information content (AvgIpc) is 2.30. The van der Waals surface area contributed by atoms with Gasteiger partial charge < -0.3 is 10.2 Å². The van der Waals surface area contributed by atoms with Crippen LogP contribution in [-0.2, 0) is 6.42 Å². The monoisotopic (exact) mass is 296 g/mol. The van der Waals surface area contributed by atoms with Crippen LogP contribution in [0.4, 0.5) is 0 Å². The van der Waals surface area contributed by atoms with Crippen LogP contribution in [0.1, 0.15) is 18.1 Å². The van der Waals surface area contributed by atoms with Crippen LogP contribution in [0.25, 0.3) is 0 Å². The minimum Gasteiger partial charge on any atom is -0.311 e. The SMILES string of the molecule is Cc1cc(CC2NCCN(C)C2C)ccc1Br. The van der Waals surface area contributed by atoms with E-state index >= 15 is 0 Å². The molecule has 2 unspecified atom stereocenters. The van der Waals surface area contributed by atoms with Crippen molar-refractivity contribution in [3.63, 3.8) is 0 Å². The molecule has 1 aliphatic rings. The van der Waals surface area contributed by atoms with Gasteiger partial charge in [0, 0.05) is 29.6 Å². The highest BCUT2D eigenvalue weighted by atomic mass is 79.9. The number of rotatable bonds is 2. The summed E-state index contributed by atoms with van der Waals surface area (Å²) in [6, 6.07) is 7.83. The maximum atomic E-state index is 3.63. The molecule has 0 saturated carbocycles. The van der Waals surface area contributed by atoms with Gasteiger partial charge in [-0.3, -0.25) is 0 Å². The highest BCUT2D eigenvalue weighted by Gasteiger charge is 2.24. The van der Waals surface area contributed by atoms with Gasteiger partial charge in [0.05, 0.1) is 0 Å². The van der Waals surface area contributed by atoms with Crippen LogP contribution in [-0.4, -0.2) is 37.1 Å². The van der Waals surface area contributed by atoms with Crippen molar-refractivity contribution in [3.8, 4) is 0 Å². The molecule has 0 aliphatic carbocycles. The number of nitrogens with one attached hydrogen (secondary N) is 1. The summed E-state index contributed by atoms with van der Waals surface area (Å²) in [6.45, 7) is 6.71. The fourth-order valence-corrected chi connectivity index (χ4v) is 2.68. The van der Waals surface area contributed by atoms with E-state index in [1.165, 1.54) is 15.6 Å². The van der Waals surface area contributed by atoms with Crippen LogP contribution >= 0.6 is 15.9 Å². The first-order valence-electron chi connectivity index (χ1n) is 6.26. The van der Waals surface area contributed by atoms with E-state index in [9.17, 15) is 0 Å². The van der Waals surface area contributed by atoms with Crippen molar-refractivity contribution < 1.29 is 0 Å². The highest BCUT2D eigenvalue weighted by molar-refractivity contribution is 9.10. The molecule has 1 aliphatic heterocycles. The van der Waals surface area contributed by atoms with E-state index in [2.05, 4.69) is 65.2 Å². The number of nitrogens with zero attached hydrogens (tertiary/aromatic N) is 1. The van der Waals surface area contributed by atoms with Gasteiger partial charge in [0.15, 0.2) is 0 Å². The number of hydrogen-bond donors (Lipinski definition) is 1. The molecule has 1 fully saturated rings. The molecule has 94 valence electrons. The topological polar surface area (TPSA) is 15.3 Å². The normalized spacial score (nSPS) is 26.1. The molecule has 0 amide bonds. The van der Waals surface area contributed by atoms with Gasteiger partial charge in [0.2, 0.25) is 0 Å². The Morgan fingerprint density at radius 2 is 2.24 bits per heavy atom. The lowest BCUT2D eigenvalue weighted by molar-refractivity contribution is 0.163. The number of hydrogen-bond acceptors (Lipinski definition) is 2. The van der Waals surface area contributed by atoms with Crippen molar-refractivity contribution in [3.05, 3.63) is 33.8 Å². The number of likely N-dealkylation sites (N-methyl/N-ethyl adjacent to an activating group) is 1. The Bertz CT molecular complexity index is 392. The van der Waals surface area contributed by atoms with Crippen molar-refractivity contribution in [2.75, 3.05) is 20.1 Å². The van der Waals surface area contributed by atoms with Crippen LogP contribution in [0, 0.1) is 6.92 Å². The summed E-state index contributed by atoms with van der Waals surface area (Å²) in [5.74, 6) is 0. The summed E-state index contributed by atoms with van der Waals surface area (Å²) < 4.78 is 1.20. The third kappa shape index (κ3) is 3.09. The van der Waals surface area contributed by atoms with Gasteiger partial charge >= 0.3 is 0 Å². The highest BCUT2D eigenvalue weighted by Crippen LogP contribution is 2.19. The van der Waals surface area contributed by atoms with E-state index in [4.69, 9.17) is 0 Å². The summed E-state index contributed by atoms with van der Waals surface area (Å²) in [6.07, 6.45) is 1.11. The van der Waals surface area contributed by atoms with Crippen molar-refractivity contribution in [2.45, 2.75) is 32.4 Å². The molecule has 1 saturated heterocycles. The lowest BCUT2D eigenvalue weighted by Crippen LogP contribution is -2.55. The van der Waals surface area contributed by atoms with E-state index in [0.717, 1.165) is 19.5 Å². The predicted molar refractivity (Wildman–Crippen MR) is 76.5 cm³/mol. The largest absolute Gasteiger partial charge is 0.311 e. The lowest BCUT2D eigenvalue weighted by Gasteiger charge is -2.38. The number of piperazine rings is 1. The van der Waals surface area contributed by atoms with E-state index < -0.39 is 0 Å². The first-order chi connectivity index (χ1) is 8.08. The smallest absolute Gasteiger partial charge is 0.0261 e. The zero-order valence-corrected chi connectivity index (χ0v) is 12.4. The van der Waals surface area contributed by atoms with E-state index in [1.807, 2.05) is 0 Å². The fourth-order valence-electron chi connectivity index (χ4n) is 2.44. The fraction of sp³-hybridized carbons (Fsp3) is 0.571. The second-order valence-corrected chi connectivity index (χ2v) is 5.92. The quantitative estimate of drug-likeness (QED) is 0.902. The minimum absolute atomic E-state index is 0.564. The third-order valence-electron chi connectivity index (χ3n) is 3.83. The van der Waals surface area contributed by atoms with Gasteiger partial charge in [-0.1, -0.05) is 28.1 Å². The van der Waals surface area contributed by atoms with E-state index in [0.29, 0.717) is 12.1 Å². The summed E-state index contributed by atoms with van der Waals surface area (Å²) in [5, 5.41) is 3.63. The Labute approximate surface area is 113 Å². The van der Waals surface area contributed by atoms with Gasteiger partial charge in [-0.2, -0.15) is 0 Å². The first kappa shape index (κ1) is 13.1. The van der Waals surface area contributed by atoms with Crippen LogP contribution in [0.15, 0.2) is 22.7 Å². The number of halogens is 1. The molecule has 0 spiro atoms. The van der Waals surface area contributed by atoms with Crippen LogP contribution in [0.5, 0.6) is 0 Å². The number of benzene rings is 1. The molecule has 0 bridgehead atoms. The molecule has 2 atom stereocenters. The maximum Gasteiger partial charge on any atom is 0.0261 e. The minimum atomic E-state index is 0.564. The Kier molecular flexibility index (Phi) is 4.23. The third-order valence-corrected chi connectivity index (χ3v) is 4.72. The second kappa shape index (κ2) is 5.51. The van der Waals surface area contributed by atoms with Gasteiger partial charge in [0.1, 0.15) is 0 Å². The van der Waals surface area contributed by atoms with Gasteiger partial charge in [-0.15, -0.1) is 0 Å². The summed E-state index contributed by atoms with van der Waals surface area (Å²) >= 11 is 3.55. The van der Waals surface area contributed by atoms with Crippen LogP contribution < -0.4 is 5.32 Å². The van der Waals surface area contributed by atoms with Crippen LogP contribution in [0.2, 0.25) is 0 Å². The van der Waals surface area contributed by atoms with Gasteiger partial charge in [-0.05, 0) is 44.5 Å². The Balaban J connectivity index is 2.07. The van der Waals surface area contributed by atoms with Crippen molar-refractivity contribution in [2.24, 2.45) is 0 Å². The van der Waals surface area contributed by atoms with Gasteiger partial charge in [-0.25, -0.2) is 0 Å². The molecule has 2 nitrogen and oxygen atoms in total. The number of aryl methyl sites for hydroxylation is 1. The summed E-state index contributed by atoms with van der Waals surface area (Å²) in [7, 11) is 2.21. The Hall–Kier alpha value is -0.380. The van der Waals surface area contributed by atoms with Crippen molar-refractivity contribution >= 4 is 15.9 Å². The maximum absolute atomic E-state index is 3.63. The molecular formula is C14H21BrN2. The molecule has 1 aromatic rings. The van der Waals surface area contributed by atoms with Gasteiger partial charge in [0.25, 0.3) is 0 Å². The van der Waals surface area contributed by atoms with E-state index in [1.54, 1.807) is 0 Å². The summed E-state index contributed by atoms with van der Waals surface area (Å²) in [5.41, 5.74) is 2.74. The Morgan fingerprint density at radius 1 is 1.47 bits per heavy atom. The summed E-state index contributed by atoms with van der Waals surface area (Å²) in [4.78, 5) is 2.44. The standard InChI is InChI=1S/C14H21BrN2/c1-10-8-12(4-5-13(10)15)9-14-11(2)17(3)7-6-16-14/h4-5,8,11,14,16H,6-7,9H2,1-3H3. The average molecular weight is 297 g/mol.